The Morgan fingerprint density at radius 1 is 1.06 bits per heavy atom. The van der Waals surface area contributed by atoms with E-state index >= 15 is 0 Å². The van der Waals surface area contributed by atoms with Gasteiger partial charge in [0.05, 0.1) is 17.4 Å². The fraction of sp³-hybridized carbons (Fsp3) is 0.304. The number of anilines is 3. The summed E-state index contributed by atoms with van der Waals surface area (Å²) in [5.74, 6) is 0.934. The van der Waals surface area contributed by atoms with E-state index in [1.165, 1.54) is 0 Å². The molecule has 0 fully saturated rings. The molecule has 0 aliphatic rings. The highest BCUT2D eigenvalue weighted by Gasteiger charge is 2.25. The summed E-state index contributed by atoms with van der Waals surface area (Å²) in [5.41, 5.74) is 20.6. The summed E-state index contributed by atoms with van der Waals surface area (Å²) in [6.07, 6.45) is 2.27. The summed E-state index contributed by atoms with van der Waals surface area (Å²) in [7, 11) is -3.89. The first-order valence-electron chi connectivity index (χ1n) is 10.6. The monoisotopic (exact) mass is 471 g/mol. The number of ether oxygens (including phenoxy) is 1. The zero-order valence-corrected chi connectivity index (χ0v) is 19.7. The van der Waals surface area contributed by atoms with Crippen LogP contribution < -0.4 is 26.1 Å². The van der Waals surface area contributed by atoms with Crippen LogP contribution in [-0.4, -0.2) is 30.2 Å². The lowest BCUT2D eigenvalue weighted by Crippen LogP contribution is -2.22. The highest BCUT2D eigenvalue weighted by molar-refractivity contribution is 7.87. The summed E-state index contributed by atoms with van der Waals surface area (Å²) in [6, 6.07) is 10.6. The molecule has 176 valence electrons. The van der Waals surface area contributed by atoms with E-state index in [1.54, 1.807) is 44.3 Å². The first-order chi connectivity index (χ1) is 15.6. The number of nitrogens with two attached hydrogens (primary N) is 3. The van der Waals surface area contributed by atoms with Crippen LogP contribution in [0.4, 0.5) is 17.5 Å². The minimum absolute atomic E-state index is 0.0759. The van der Waals surface area contributed by atoms with Gasteiger partial charge in [-0.15, -0.1) is 0 Å². The van der Waals surface area contributed by atoms with Gasteiger partial charge in [-0.3, -0.25) is 0 Å². The van der Waals surface area contributed by atoms with Gasteiger partial charge in [0.15, 0.2) is 5.75 Å². The maximum Gasteiger partial charge on any atom is 0.311 e. The van der Waals surface area contributed by atoms with Crippen molar-refractivity contribution in [1.82, 2.24) is 9.97 Å². The molecular weight excluding hydrogens is 442 g/mol. The third-order valence-corrected chi connectivity index (χ3v) is 6.92. The van der Waals surface area contributed by atoms with E-state index in [9.17, 15) is 8.42 Å². The van der Waals surface area contributed by atoms with E-state index in [2.05, 4.69) is 9.97 Å². The Bertz CT molecular complexity index is 1250. The molecule has 10 heteroatoms. The molecule has 0 spiro atoms. The van der Waals surface area contributed by atoms with E-state index in [4.69, 9.17) is 26.1 Å². The predicted octanol–water partition coefficient (Wildman–Crippen LogP) is 3.39. The van der Waals surface area contributed by atoms with Crippen LogP contribution in [-0.2, 0) is 16.5 Å². The molecule has 0 bridgehead atoms. The largest absolute Gasteiger partial charge is 0.493 e. The molecule has 6 N–H and O–H groups in total. The molecule has 0 aliphatic heterocycles. The van der Waals surface area contributed by atoms with E-state index in [-0.39, 0.29) is 17.5 Å². The summed E-state index contributed by atoms with van der Waals surface area (Å²) >= 11 is 0. The SMILES string of the molecule is CCOc1cc(Cc2cnc(N)nc2N)cc(OS(=O)(=O)C(C)CC)c1-c1cccc(N)c1. The van der Waals surface area contributed by atoms with Crippen LogP contribution in [0.3, 0.4) is 0 Å². The lowest BCUT2D eigenvalue weighted by atomic mass is 9.98. The Hall–Kier alpha value is -3.53. The summed E-state index contributed by atoms with van der Waals surface area (Å²) in [4.78, 5) is 7.99. The molecule has 0 saturated heterocycles. The maximum absolute atomic E-state index is 12.9. The zero-order chi connectivity index (χ0) is 24.2. The van der Waals surface area contributed by atoms with E-state index in [0.717, 1.165) is 0 Å². The molecule has 1 unspecified atom stereocenters. The maximum atomic E-state index is 12.9. The minimum Gasteiger partial charge on any atom is -0.493 e. The predicted molar refractivity (Wildman–Crippen MR) is 130 cm³/mol. The summed E-state index contributed by atoms with van der Waals surface area (Å²) in [6.45, 7) is 5.60. The van der Waals surface area contributed by atoms with Crippen molar-refractivity contribution < 1.29 is 17.3 Å². The number of nitrogens with zero attached hydrogens (tertiary/aromatic N) is 2. The van der Waals surface area contributed by atoms with Crippen molar-refractivity contribution in [3.05, 3.63) is 53.7 Å². The molecule has 0 saturated carbocycles. The molecule has 3 aromatic rings. The third kappa shape index (κ3) is 5.64. The number of rotatable bonds is 9. The molecule has 0 aliphatic carbocycles. The van der Waals surface area contributed by atoms with Gasteiger partial charge < -0.3 is 26.1 Å². The summed E-state index contributed by atoms with van der Waals surface area (Å²) < 4.78 is 37.3. The smallest absolute Gasteiger partial charge is 0.311 e. The van der Waals surface area contributed by atoms with Crippen molar-refractivity contribution in [2.75, 3.05) is 23.8 Å². The van der Waals surface area contributed by atoms with Crippen LogP contribution in [0, 0.1) is 0 Å². The highest BCUT2D eigenvalue weighted by Crippen LogP contribution is 2.42. The van der Waals surface area contributed by atoms with Gasteiger partial charge in [-0.25, -0.2) is 4.98 Å². The molecular formula is C23H29N5O4S. The Morgan fingerprint density at radius 2 is 1.79 bits per heavy atom. The summed E-state index contributed by atoms with van der Waals surface area (Å²) in [5, 5.41) is -0.688. The number of nitrogen functional groups attached to an aromatic ring is 3. The fourth-order valence-corrected chi connectivity index (χ4v) is 4.22. The van der Waals surface area contributed by atoms with Crippen molar-refractivity contribution in [2.45, 2.75) is 38.9 Å². The highest BCUT2D eigenvalue weighted by atomic mass is 32.2. The molecule has 1 atom stereocenters. The van der Waals surface area contributed by atoms with E-state index in [1.807, 2.05) is 19.1 Å². The van der Waals surface area contributed by atoms with Crippen LogP contribution in [0.1, 0.15) is 38.3 Å². The molecule has 0 radical (unpaired) electrons. The Labute approximate surface area is 194 Å². The van der Waals surface area contributed by atoms with Crippen molar-refractivity contribution in [3.63, 3.8) is 0 Å². The van der Waals surface area contributed by atoms with Crippen molar-refractivity contribution in [2.24, 2.45) is 0 Å². The second kappa shape index (κ2) is 9.95. The quantitative estimate of drug-likeness (QED) is 0.314. The van der Waals surface area contributed by atoms with Crippen LogP contribution in [0.2, 0.25) is 0 Å². The molecule has 3 rings (SSSR count). The second-order valence-electron chi connectivity index (χ2n) is 7.64. The van der Waals surface area contributed by atoms with Crippen molar-refractivity contribution in [3.8, 4) is 22.6 Å². The zero-order valence-electron chi connectivity index (χ0n) is 18.9. The number of hydrogen-bond donors (Lipinski definition) is 3. The van der Waals surface area contributed by atoms with E-state index < -0.39 is 15.4 Å². The average Bonchev–Trinajstić information content (AvgIpc) is 2.75. The lowest BCUT2D eigenvalue weighted by molar-refractivity contribution is 0.340. The van der Waals surface area contributed by atoms with Gasteiger partial charge in [-0.1, -0.05) is 19.1 Å². The van der Waals surface area contributed by atoms with Crippen molar-refractivity contribution >= 4 is 27.6 Å². The molecule has 0 amide bonds. The van der Waals surface area contributed by atoms with Gasteiger partial charge in [0, 0.05) is 23.9 Å². The third-order valence-electron chi connectivity index (χ3n) is 5.19. The van der Waals surface area contributed by atoms with Crippen LogP contribution in [0.25, 0.3) is 11.1 Å². The normalized spacial score (nSPS) is 12.3. The van der Waals surface area contributed by atoms with Gasteiger partial charge >= 0.3 is 10.1 Å². The van der Waals surface area contributed by atoms with Crippen LogP contribution in [0.5, 0.6) is 11.5 Å². The molecule has 1 heterocycles. The van der Waals surface area contributed by atoms with Crippen LogP contribution >= 0.6 is 0 Å². The van der Waals surface area contributed by atoms with Gasteiger partial charge in [-0.05, 0) is 55.7 Å². The van der Waals surface area contributed by atoms with E-state index in [0.29, 0.717) is 53.1 Å². The fourth-order valence-electron chi connectivity index (χ4n) is 3.26. The Balaban J connectivity index is 2.20. The standard InChI is InChI=1S/C23H29N5O4S/c1-4-14(3)33(29,30)32-20-11-15(9-17-13-27-23(26)28-22(17)25)10-19(31-5-2)21(20)16-7-6-8-18(24)12-16/h6-8,10-14H,4-5,9,24H2,1-3H3,(H4,25,26,27,28). The lowest BCUT2D eigenvalue weighted by Gasteiger charge is -2.20. The second-order valence-corrected chi connectivity index (χ2v) is 9.59. The van der Waals surface area contributed by atoms with Crippen LogP contribution in [0.15, 0.2) is 42.6 Å². The average molecular weight is 472 g/mol. The molecule has 9 nitrogen and oxygen atoms in total. The first-order valence-corrected chi connectivity index (χ1v) is 12.1. The molecule has 33 heavy (non-hydrogen) atoms. The Morgan fingerprint density at radius 3 is 2.42 bits per heavy atom. The molecule has 1 aromatic heterocycles. The number of aromatic nitrogens is 2. The molecule has 2 aromatic carbocycles. The number of benzene rings is 2. The van der Waals surface area contributed by atoms with Gasteiger partial charge in [-0.2, -0.15) is 13.4 Å². The van der Waals surface area contributed by atoms with Gasteiger partial charge in [0.2, 0.25) is 5.95 Å². The first kappa shape index (κ1) is 24.1. The van der Waals surface area contributed by atoms with Gasteiger partial charge in [0.1, 0.15) is 11.6 Å². The minimum atomic E-state index is -3.89. The number of hydrogen-bond acceptors (Lipinski definition) is 9. The van der Waals surface area contributed by atoms with Crippen molar-refractivity contribution in [1.29, 1.82) is 0 Å². The Kier molecular flexibility index (Phi) is 7.27. The topological polar surface area (TPSA) is 156 Å². The van der Waals surface area contributed by atoms with Gasteiger partial charge in [0.25, 0.3) is 0 Å².